The van der Waals surface area contributed by atoms with Crippen molar-refractivity contribution in [1.29, 1.82) is 0 Å². The summed E-state index contributed by atoms with van der Waals surface area (Å²) in [6.07, 6.45) is -0.344. The van der Waals surface area contributed by atoms with Gasteiger partial charge in [-0.3, -0.25) is 4.90 Å². The number of hydrogen-bond acceptors (Lipinski definition) is 7. The fraction of sp³-hybridized carbons (Fsp3) is 0.684. The Balaban J connectivity index is 1.89. The normalized spacial score (nSPS) is 23.6. The van der Waals surface area contributed by atoms with Crippen molar-refractivity contribution in [3.63, 3.8) is 0 Å². The number of methoxy groups -OCH3 is 1. The fourth-order valence-corrected chi connectivity index (χ4v) is 4.76. The average Bonchev–Trinajstić information content (AvgIpc) is 2.54. The molecule has 2 aliphatic rings. The van der Waals surface area contributed by atoms with Crippen molar-refractivity contribution >= 4 is 15.9 Å². The van der Waals surface area contributed by atoms with Gasteiger partial charge in [-0.05, 0) is 73.2 Å². The van der Waals surface area contributed by atoms with Gasteiger partial charge in [0.05, 0.1) is 23.3 Å². The maximum atomic E-state index is 9.22. The first-order valence-electron chi connectivity index (χ1n) is 9.16. The minimum atomic E-state index is -3.27. The van der Waals surface area contributed by atoms with E-state index in [1.54, 1.807) is 0 Å². The van der Waals surface area contributed by atoms with Crippen molar-refractivity contribution in [2.24, 2.45) is 0 Å². The van der Waals surface area contributed by atoms with Crippen LogP contribution in [-0.2, 0) is 11.2 Å². The Morgan fingerprint density at radius 1 is 1.19 bits per heavy atom. The Hall–Kier alpha value is -0.900. The van der Waals surface area contributed by atoms with Gasteiger partial charge in [-0.2, -0.15) is 0 Å². The number of fused-ring (bicyclic) bond motifs is 3. The molecule has 0 amide bonds. The molecule has 27 heavy (non-hydrogen) atoms. The van der Waals surface area contributed by atoms with Crippen LogP contribution in [0.2, 0.25) is 0 Å². The molecule has 3 rings (SSSR count). The van der Waals surface area contributed by atoms with Gasteiger partial charge in [0.1, 0.15) is 0 Å². The monoisotopic (exact) mass is 445 g/mol. The van der Waals surface area contributed by atoms with Gasteiger partial charge in [0, 0.05) is 19.1 Å². The number of halogens is 1. The Morgan fingerprint density at radius 3 is 2.48 bits per heavy atom. The van der Waals surface area contributed by atoms with E-state index in [-0.39, 0.29) is 23.5 Å². The first-order chi connectivity index (χ1) is 12.5. The number of piperidine rings is 1. The summed E-state index contributed by atoms with van der Waals surface area (Å²) >= 11 is 3.50. The summed E-state index contributed by atoms with van der Waals surface area (Å²) in [6, 6.07) is 2.11. The van der Waals surface area contributed by atoms with E-state index >= 15 is 0 Å². The third kappa shape index (κ3) is 4.75. The highest BCUT2D eigenvalue weighted by molar-refractivity contribution is 9.10. The van der Waals surface area contributed by atoms with Gasteiger partial charge in [0.2, 0.25) is 0 Å². The Labute approximate surface area is 168 Å². The third-order valence-electron chi connectivity index (χ3n) is 4.95. The number of benzene rings is 1. The largest absolute Gasteiger partial charge is 0.493 e. The minimum absolute atomic E-state index is 0.0713. The molecule has 2 aliphatic heterocycles. The second-order valence-electron chi connectivity index (χ2n) is 8.16. The average molecular weight is 446 g/mol. The van der Waals surface area contributed by atoms with Crippen LogP contribution in [0.1, 0.15) is 50.8 Å². The lowest BCUT2D eigenvalue weighted by Gasteiger charge is -2.45. The van der Waals surface area contributed by atoms with Gasteiger partial charge >= 0.3 is 6.16 Å². The molecule has 152 valence electrons. The second-order valence-corrected chi connectivity index (χ2v) is 8.95. The third-order valence-corrected chi connectivity index (χ3v) is 5.79. The van der Waals surface area contributed by atoms with E-state index in [0.29, 0.717) is 10.2 Å². The van der Waals surface area contributed by atoms with Crippen molar-refractivity contribution in [2.45, 2.75) is 63.9 Å². The molecule has 0 aromatic heterocycles. The second kappa shape index (κ2) is 7.50. The molecule has 0 aliphatic carbocycles. The van der Waals surface area contributed by atoms with Crippen molar-refractivity contribution < 1.29 is 29.5 Å². The molecule has 8 heteroatoms. The number of hydrogen-bond donors (Lipinski definition) is 3. The van der Waals surface area contributed by atoms with Crippen molar-refractivity contribution in [1.82, 2.24) is 4.90 Å². The Morgan fingerprint density at radius 2 is 1.89 bits per heavy atom. The van der Waals surface area contributed by atoms with E-state index in [4.69, 9.17) is 14.2 Å². The van der Waals surface area contributed by atoms with Gasteiger partial charge < -0.3 is 29.5 Å². The molecule has 2 atom stereocenters. The summed E-state index contributed by atoms with van der Waals surface area (Å²) in [5, 5.41) is 27.7. The summed E-state index contributed by atoms with van der Waals surface area (Å²) in [5.41, 5.74) is 2.01. The maximum Gasteiger partial charge on any atom is 0.453 e. The van der Waals surface area contributed by atoms with Crippen LogP contribution in [0.4, 0.5) is 0 Å². The van der Waals surface area contributed by atoms with Crippen LogP contribution in [0.3, 0.4) is 0 Å². The maximum absolute atomic E-state index is 9.22. The molecular formula is C19H28BrNO6. The van der Waals surface area contributed by atoms with Crippen LogP contribution in [0.15, 0.2) is 10.5 Å². The van der Waals surface area contributed by atoms with Crippen LogP contribution < -0.4 is 9.47 Å². The first kappa shape index (κ1) is 20.8. The molecule has 2 heterocycles. The molecule has 1 aromatic rings. The van der Waals surface area contributed by atoms with Crippen LogP contribution in [0.5, 0.6) is 11.5 Å². The fourth-order valence-electron chi connectivity index (χ4n) is 4.06. The van der Waals surface area contributed by atoms with Crippen LogP contribution in [0.25, 0.3) is 0 Å². The smallest absolute Gasteiger partial charge is 0.453 e. The standard InChI is InChI=1S/C19H28BrNO6/c1-18(2,3)26-11-5-6-14-13-9-15(25-4)17(27-19(22,23)24)16(20)12(13)7-8-21(14)10-11/h9,11,14,22-24H,5-8,10H2,1-4H3. The van der Waals surface area contributed by atoms with E-state index in [0.717, 1.165) is 43.5 Å². The van der Waals surface area contributed by atoms with Gasteiger partial charge in [-0.25, -0.2) is 0 Å². The number of ether oxygens (including phenoxy) is 3. The summed E-state index contributed by atoms with van der Waals surface area (Å²) in [7, 11) is 1.48. The first-order valence-corrected chi connectivity index (χ1v) is 9.95. The van der Waals surface area contributed by atoms with Crippen LogP contribution >= 0.6 is 15.9 Å². The predicted molar refractivity (Wildman–Crippen MR) is 103 cm³/mol. The molecule has 3 N–H and O–H groups in total. The predicted octanol–water partition coefficient (Wildman–Crippen LogP) is 2.30. The lowest BCUT2D eigenvalue weighted by atomic mass is 9.85. The SMILES string of the molecule is COc1cc2c(c(Br)c1OC(O)(O)O)CCN1CC(OC(C)(C)C)CCC21. The van der Waals surface area contributed by atoms with Gasteiger partial charge in [0.25, 0.3) is 0 Å². The van der Waals surface area contributed by atoms with Crippen molar-refractivity contribution in [3.8, 4) is 11.5 Å². The Bertz CT molecular complexity index is 697. The highest BCUT2D eigenvalue weighted by atomic mass is 79.9. The van der Waals surface area contributed by atoms with E-state index < -0.39 is 6.16 Å². The summed E-state index contributed by atoms with van der Waals surface area (Å²) < 4.78 is 17.0. The van der Waals surface area contributed by atoms with Crippen molar-refractivity contribution in [2.75, 3.05) is 20.2 Å². The molecule has 2 unspecified atom stereocenters. The van der Waals surface area contributed by atoms with Crippen LogP contribution in [-0.4, -0.2) is 58.3 Å². The number of rotatable bonds is 4. The Kier molecular flexibility index (Phi) is 5.78. The van der Waals surface area contributed by atoms with E-state index in [9.17, 15) is 15.3 Å². The zero-order chi connectivity index (χ0) is 20.0. The summed E-state index contributed by atoms with van der Waals surface area (Å²) in [5.74, 6) is 0.402. The lowest BCUT2D eigenvalue weighted by molar-refractivity contribution is -0.419. The number of aliphatic hydroxyl groups is 3. The number of nitrogens with zero attached hydrogens (tertiary/aromatic N) is 1. The highest BCUT2D eigenvalue weighted by Gasteiger charge is 2.38. The zero-order valence-electron chi connectivity index (χ0n) is 16.2. The minimum Gasteiger partial charge on any atom is -0.493 e. The molecule has 0 spiro atoms. The molecule has 1 aromatic carbocycles. The quantitative estimate of drug-likeness (QED) is 0.612. The van der Waals surface area contributed by atoms with Gasteiger partial charge in [0.15, 0.2) is 11.5 Å². The van der Waals surface area contributed by atoms with Crippen LogP contribution in [0, 0.1) is 0 Å². The topological polar surface area (TPSA) is 91.6 Å². The van der Waals surface area contributed by atoms with E-state index in [2.05, 4.69) is 41.6 Å². The molecule has 7 nitrogen and oxygen atoms in total. The molecule has 1 saturated heterocycles. The van der Waals surface area contributed by atoms with E-state index in [1.165, 1.54) is 7.11 Å². The molecular weight excluding hydrogens is 418 g/mol. The molecule has 0 saturated carbocycles. The summed E-state index contributed by atoms with van der Waals surface area (Å²) in [6.45, 7) is 7.99. The molecule has 0 radical (unpaired) electrons. The van der Waals surface area contributed by atoms with E-state index in [1.807, 2.05) is 6.07 Å². The van der Waals surface area contributed by atoms with Gasteiger partial charge in [-0.15, -0.1) is 0 Å². The highest BCUT2D eigenvalue weighted by Crippen LogP contribution is 2.47. The summed E-state index contributed by atoms with van der Waals surface area (Å²) in [4.78, 5) is 2.43. The molecule has 1 fully saturated rings. The zero-order valence-corrected chi connectivity index (χ0v) is 17.7. The lowest BCUT2D eigenvalue weighted by Crippen LogP contribution is -2.47. The van der Waals surface area contributed by atoms with Crippen molar-refractivity contribution in [3.05, 3.63) is 21.7 Å². The molecule has 0 bridgehead atoms. The van der Waals surface area contributed by atoms with Gasteiger partial charge in [-0.1, -0.05) is 0 Å².